The number of fused-ring (bicyclic) bond motifs is 1. The van der Waals surface area contributed by atoms with E-state index in [2.05, 4.69) is 15.9 Å². The highest BCUT2D eigenvalue weighted by molar-refractivity contribution is 9.08. The third-order valence-corrected chi connectivity index (χ3v) is 3.08. The molecule has 0 saturated heterocycles. The van der Waals surface area contributed by atoms with Gasteiger partial charge in [0, 0.05) is 15.9 Å². The molecule has 0 unspecified atom stereocenters. The Balaban J connectivity index is 2.92. The van der Waals surface area contributed by atoms with E-state index in [-0.39, 0.29) is 5.43 Å². The zero-order chi connectivity index (χ0) is 11.0. The minimum absolute atomic E-state index is 0.0203. The van der Waals surface area contributed by atoms with Gasteiger partial charge in [0.25, 0.3) is 0 Å². The van der Waals surface area contributed by atoms with Gasteiger partial charge in [-0.25, -0.2) is 0 Å². The van der Waals surface area contributed by atoms with Crippen molar-refractivity contribution in [3.8, 4) is 0 Å². The van der Waals surface area contributed by atoms with Gasteiger partial charge >= 0.3 is 0 Å². The highest BCUT2D eigenvalue weighted by Crippen LogP contribution is 2.20. The molecule has 1 heterocycles. The summed E-state index contributed by atoms with van der Waals surface area (Å²) in [6, 6.07) is 5.05. The topological polar surface area (TPSA) is 30.2 Å². The first-order valence-corrected chi connectivity index (χ1v) is 5.91. The Morgan fingerprint density at radius 3 is 2.87 bits per heavy atom. The summed E-state index contributed by atoms with van der Waals surface area (Å²) in [7, 11) is 0. The van der Waals surface area contributed by atoms with Crippen LogP contribution in [0.4, 0.5) is 0 Å². The number of benzene rings is 1. The molecule has 2 rings (SSSR count). The lowest BCUT2D eigenvalue weighted by molar-refractivity contribution is 0.558. The summed E-state index contributed by atoms with van der Waals surface area (Å²) in [4.78, 5) is 12.0. The maximum atomic E-state index is 12.0. The summed E-state index contributed by atoms with van der Waals surface area (Å²) < 4.78 is 5.53. The third kappa shape index (κ3) is 1.82. The number of halogens is 2. The molecule has 1 aromatic carbocycles. The largest absolute Gasteiger partial charge is 0.461 e. The first-order valence-electron chi connectivity index (χ1n) is 4.41. The Morgan fingerprint density at radius 1 is 1.47 bits per heavy atom. The molecule has 0 aliphatic rings. The van der Waals surface area contributed by atoms with Crippen molar-refractivity contribution in [2.45, 2.75) is 12.3 Å². The molecule has 0 N–H and O–H groups in total. The van der Waals surface area contributed by atoms with Crippen molar-refractivity contribution in [1.82, 2.24) is 0 Å². The fourth-order valence-electron chi connectivity index (χ4n) is 1.47. The van der Waals surface area contributed by atoms with E-state index in [1.54, 1.807) is 25.1 Å². The van der Waals surface area contributed by atoms with Crippen LogP contribution in [0.1, 0.15) is 11.3 Å². The average Bonchev–Trinajstić information content (AvgIpc) is 2.20. The van der Waals surface area contributed by atoms with E-state index in [0.29, 0.717) is 32.6 Å². The SMILES string of the molecule is Cc1oc2ccc(Cl)cc2c(=O)c1CBr. The van der Waals surface area contributed by atoms with Crippen LogP contribution in [0.3, 0.4) is 0 Å². The second-order valence-corrected chi connectivity index (χ2v) is 4.24. The van der Waals surface area contributed by atoms with Gasteiger partial charge < -0.3 is 4.42 Å². The second-order valence-electron chi connectivity index (χ2n) is 3.24. The first kappa shape index (κ1) is 10.7. The number of alkyl halides is 1. The van der Waals surface area contributed by atoms with Crippen molar-refractivity contribution >= 4 is 38.5 Å². The van der Waals surface area contributed by atoms with Gasteiger partial charge in [0.05, 0.1) is 5.39 Å². The molecule has 0 fully saturated rings. The van der Waals surface area contributed by atoms with Crippen LogP contribution in [0.2, 0.25) is 5.02 Å². The standard InChI is InChI=1S/C11H8BrClO2/c1-6-9(5-12)11(14)8-4-7(13)2-3-10(8)15-6/h2-4H,5H2,1H3. The Bertz CT molecular complexity index is 575. The first-order chi connectivity index (χ1) is 7.13. The molecule has 15 heavy (non-hydrogen) atoms. The molecule has 0 aliphatic heterocycles. The summed E-state index contributed by atoms with van der Waals surface area (Å²) in [5.41, 5.74) is 1.20. The van der Waals surface area contributed by atoms with Crippen molar-refractivity contribution < 1.29 is 4.42 Å². The molecule has 0 radical (unpaired) electrons. The fourth-order valence-corrected chi connectivity index (χ4v) is 2.29. The van der Waals surface area contributed by atoms with Gasteiger partial charge in [-0.1, -0.05) is 27.5 Å². The summed E-state index contributed by atoms with van der Waals surface area (Å²) in [6.45, 7) is 1.78. The van der Waals surface area contributed by atoms with Crippen LogP contribution in [0.15, 0.2) is 27.4 Å². The van der Waals surface area contributed by atoms with Crippen LogP contribution in [0, 0.1) is 6.92 Å². The summed E-state index contributed by atoms with van der Waals surface area (Å²) in [6.07, 6.45) is 0. The van der Waals surface area contributed by atoms with Crippen LogP contribution in [-0.2, 0) is 5.33 Å². The van der Waals surface area contributed by atoms with Crippen molar-refractivity contribution in [1.29, 1.82) is 0 Å². The van der Waals surface area contributed by atoms with Crippen LogP contribution in [0.25, 0.3) is 11.0 Å². The van der Waals surface area contributed by atoms with Crippen molar-refractivity contribution in [3.63, 3.8) is 0 Å². The van der Waals surface area contributed by atoms with Crippen LogP contribution < -0.4 is 5.43 Å². The van der Waals surface area contributed by atoms with E-state index in [9.17, 15) is 4.79 Å². The van der Waals surface area contributed by atoms with Crippen molar-refractivity contribution in [3.05, 3.63) is 44.8 Å². The van der Waals surface area contributed by atoms with Gasteiger partial charge in [0.1, 0.15) is 11.3 Å². The van der Waals surface area contributed by atoms with Gasteiger partial charge in [-0.2, -0.15) is 0 Å². The van der Waals surface area contributed by atoms with Gasteiger partial charge in [-0.15, -0.1) is 0 Å². The molecule has 0 amide bonds. The van der Waals surface area contributed by atoms with Crippen LogP contribution >= 0.6 is 27.5 Å². The lowest BCUT2D eigenvalue weighted by Crippen LogP contribution is -2.09. The molecular weight excluding hydrogens is 279 g/mol. The lowest BCUT2D eigenvalue weighted by atomic mass is 10.1. The molecule has 0 spiro atoms. The Morgan fingerprint density at radius 2 is 2.20 bits per heavy atom. The minimum atomic E-state index is -0.0203. The predicted molar refractivity (Wildman–Crippen MR) is 64.9 cm³/mol. The van der Waals surface area contributed by atoms with Gasteiger partial charge in [0.2, 0.25) is 0 Å². The maximum Gasteiger partial charge on any atom is 0.197 e. The average molecular weight is 288 g/mol. The van der Waals surface area contributed by atoms with E-state index in [4.69, 9.17) is 16.0 Å². The number of aryl methyl sites for hydroxylation is 1. The summed E-state index contributed by atoms with van der Waals surface area (Å²) in [5.74, 6) is 0.645. The highest BCUT2D eigenvalue weighted by atomic mass is 79.9. The zero-order valence-electron chi connectivity index (χ0n) is 8.01. The zero-order valence-corrected chi connectivity index (χ0v) is 10.4. The Hall–Kier alpha value is -0.800. The molecule has 0 saturated carbocycles. The third-order valence-electron chi connectivity index (χ3n) is 2.28. The van der Waals surface area contributed by atoms with E-state index in [0.717, 1.165) is 0 Å². The molecule has 0 atom stereocenters. The maximum absolute atomic E-state index is 12.0. The molecule has 2 nitrogen and oxygen atoms in total. The van der Waals surface area contributed by atoms with Crippen molar-refractivity contribution in [2.24, 2.45) is 0 Å². The fraction of sp³-hybridized carbons (Fsp3) is 0.182. The van der Waals surface area contributed by atoms with E-state index < -0.39 is 0 Å². The van der Waals surface area contributed by atoms with Crippen LogP contribution in [-0.4, -0.2) is 0 Å². The number of hydrogen-bond acceptors (Lipinski definition) is 2. The molecule has 0 aliphatic carbocycles. The molecular formula is C11H8BrClO2. The predicted octanol–water partition coefficient (Wildman–Crippen LogP) is 3.65. The Kier molecular flexibility index (Phi) is 2.85. The summed E-state index contributed by atoms with van der Waals surface area (Å²) >= 11 is 9.10. The smallest absolute Gasteiger partial charge is 0.197 e. The van der Waals surface area contributed by atoms with Crippen molar-refractivity contribution in [2.75, 3.05) is 0 Å². The van der Waals surface area contributed by atoms with Gasteiger partial charge in [-0.3, -0.25) is 4.79 Å². The second kappa shape index (κ2) is 3.99. The van der Waals surface area contributed by atoms with E-state index in [1.807, 2.05) is 0 Å². The van der Waals surface area contributed by atoms with Crippen LogP contribution in [0.5, 0.6) is 0 Å². The van der Waals surface area contributed by atoms with Gasteiger partial charge in [-0.05, 0) is 25.1 Å². The summed E-state index contributed by atoms with van der Waals surface area (Å²) in [5, 5.41) is 1.56. The monoisotopic (exact) mass is 286 g/mol. The quantitative estimate of drug-likeness (QED) is 0.750. The molecule has 4 heteroatoms. The molecule has 78 valence electrons. The van der Waals surface area contributed by atoms with E-state index in [1.165, 1.54) is 0 Å². The number of hydrogen-bond donors (Lipinski definition) is 0. The minimum Gasteiger partial charge on any atom is -0.461 e. The van der Waals surface area contributed by atoms with Gasteiger partial charge in [0.15, 0.2) is 5.43 Å². The Labute approximate surface area is 100.0 Å². The normalized spacial score (nSPS) is 10.9. The molecule has 2 aromatic rings. The molecule has 0 bridgehead atoms. The van der Waals surface area contributed by atoms with E-state index >= 15 is 0 Å². The number of rotatable bonds is 1. The molecule has 1 aromatic heterocycles. The lowest BCUT2D eigenvalue weighted by Gasteiger charge is -2.03. The highest BCUT2D eigenvalue weighted by Gasteiger charge is 2.10.